The number of hydrogen-bond acceptors (Lipinski definition) is 3. The Bertz CT molecular complexity index is 794. The van der Waals surface area contributed by atoms with Gasteiger partial charge in [-0.15, -0.1) is 0 Å². The van der Waals surface area contributed by atoms with Crippen molar-refractivity contribution in [3.8, 4) is 11.5 Å². The molecule has 5 heteroatoms. The van der Waals surface area contributed by atoms with E-state index >= 15 is 0 Å². The molecule has 1 saturated heterocycles. The maximum atomic E-state index is 14.1. The van der Waals surface area contributed by atoms with Gasteiger partial charge in [-0.1, -0.05) is 36.4 Å². The molecule has 28 heavy (non-hydrogen) atoms. The number of rotatable bonds is 7. The highest BCUT2D eigenvalue weighted by Gasteiger charge is 2.21. The highest BCUT2D eigenvalue weighted by Crippen LogP contribution is 2.30. The van der Waals surface area contributed by atoms with Gasteiger partial charge in [0.25, 0.3) is 0 Å². The van der Waals surface area contributed by atoms with Crippen LogP contribution < -0.4 is 9.47 Å². The van der Waals surface area contributed by atoms with Crippen molar-refractivity contribution in [1.82, 2.24) is 0 Å². The molecule has 2 aromatic carbocycles. The summed E-state index contributed by atoms with van der Waals surface area (Å²) < 4.78 is 44.4. The molecule has 1 aliphatic rings. The summed E-state index contributed by atoms with van der Waals surface area (Å²) in [6, 6.07) is 10.8. The van der Waals surface area contributed by atoms with Crippen LogP contribution in [-0.4, -0.2) is 19.3 Å². The van der Waals surface area contributed by atoms with Crippen LogP contribution in [0.2, 0.25) is 0 Å². The second-order valence-electron chi connectivity index (χ2n) is 6.82. The molecule has 1 aliphatic heterocycles. The normalized spacial score (nSPS) is 19.7. The summed E-state index contributed by atoms with van der Waals surface area (Å²) >= 11 is 0. The Hall–Kier alpha value is -2.40. The smallest absolute Gasteiger partial charge is 0.204 e. The molecule has 150 valence electrons. The van der Waals surface area contributed by atoms with Gasteiger partial charge in [0, 0.05) is 5.92 Å². The predicted molar refractivity (Wildman–Crippen MR) is 105 cm³/mol. The second kappa shape index (κ2) is 9.69. The van der Waals surface area contributed by atoms with Crippen LogP contribution in [0.5, 0.6) is 11.5 Å². The zero-order valence-electron chi connectivity index (χ0n) is 16.3. The molecule has 0 radical (unpaired) electrons. The number of ether oxygens (including phenoxy) is 3. The lowest BCUT2D eigenvalue weighted by molar-refractivity contribution is 0.0326. The van der Waals surface area contributed by atoms with Crippen LogP contribution in [0.25, 0.3) is 0 Å². The van der Waals surface area contributed by atoms with Crippen molar-refractivity contribution in [3.63, 3.8) is 0 Å². The Morgan fingerprint density at radius 2 is 1.68 bits per heavy atom. The molecular formula is C23H26F2O3. The molecule has 1 heterocycles. The first-order valence-electron chi connectivity index (χ1n) is 9.69. The second-order valence-corrected chi connectivity index (χ2v) is 6.82. The monoisotopic (exact) mass is 388 g/mol. The van der Waals surface area contributed by atoms with Gasteiger partial charge in [0.15, 0.2) is 11.5 Å². The highest BCUT2D eigenvalue weighted by atomic mass is 19.2. The quantitative estimate of drug-likeness (QED) is 0.563. The van der Waals surface area contributed by atoms with E-state index in [1.54, 1.807) is 6.92 Å². The van der Waals surface area contributed by atoms with Crippen LogP contribution in [0.3, 0.4) is 0 Å². The zero-order chi connectivity index (χ0) is 19.9. The van der Waals surface area contributed by atoms with E-state index in [1.165, 1.54) is 17.7 Å². The molecule has 3 rings (SSSR count). The third kappa shape index (κ3) is 4.90. The minimum atomic E-state index is -1.03. The summed E-state index contributed by atoms with van der Waals surface area (Å²) in [6.45, 7) is 4.86. The van der Waals surface area contributed by atoms with Crippen molar-refractivity contribution in [1.29, 1.82) is 0 Å². The lowest BCUT2D eigenvalue weighted by atomic mass is 9.91. The summed E-state index contributed by atoms with van der Waals surface area (Å²) in [5.41, 5.74) is 2.11. The van der Waals surface area contributed by atoms with Gasteiger partial charge in [-0.2, -0.15) is 8.78 Å². The maximum absolute atomic E-state index is 14.1. The lowest BCUT2D eigenvalue weighted by Crippen LogP contribution is -2.23. The molecular weight excluding hydrogens is 362 g/mol. The van der Waals surface area contributed by atoms with E-state index in [4.69, 9.17) is 14.2 Å². The van der Waals surface area contributed by atoms with Gasteiger partial charge >= 0.3 is 0 Å². The van der Waals surface area contributed by atoms with Crippen LogP contribution in [0.1, 0.15) is 43.7 Å². The zero-order valence-corrected chi connectivity index (χ0v) is 16.3. The fourth-order valence-electron chi connectivity index (χ4n) is 3.34. The molecule has 1 fully saturated rings. The molecule has 0 spiro atoms. The van der Waals surface area contributed by atoms with E-state index in [0.717, 1.165) is 18.4 Å². The Morgan fingerprint density at radius 3 is 2.25 bits per heavy atom. The van der Waals surface area contributed by atoms with Gasteiger partial charge in [-0.25, -0.2) is 0 Å². The van der Waals surface area contributed by atoms with Crippen molar-refractivity contribution < 1.29 is 23.0 Å². The van der Waals surface area contributed by atoms with Crippen LogP contribution in [-0.2, 0) is 11.3 Å². The van der Waals surface area contributed by atoms with E-state index in [9.17, 15) is 8.78 Å². The van der Waals surface area contributed by atoms with Crippen molar-refractivity contribution in [2.45, 2.75) is 45.3 Å². The van der Waals surface area contributed by atoms with Gasteiger partial charge in [-0.05, 0) is 49.9 Å². The molecule has 0 bridgehead atoms. The molecule has 3 nitrogen and oxygen atoms in total. The molecule has 0 amide bonds. The standard InChI is InChI=1S/C23H26F2O3/c1-3-5-19-11-10-18(15-27-19)17-8-6-16(7-9-17)14-28-21-13-12-20(26-4-2)22(24)23(21)25/h3,5-9,12-13,18-19H,4,10-11,14-15H2,1-2H3. The number of benzene rings is 2. The molecule has 0 aromatic heterocycles. The molecule has 0 saturated carbocycles. The van der Waals surface area contributed by atoms with Crippen molar-refractivity contribution in [2.75, 3.05) is 13.2 Å². The third-order valence-corrected chi connectivity index (χ3v) is 4.87. The van der Waals surface area contributed by atoms with Gasteiger partial charge < -0.3 is 14.2 Å². The SMILES string of the molecule is CC=CC1CCC(c2ccc(COc3ccc(OCC)c(F)c3F)cc2)CO1. The fraction of sp³-hybridized carbons (Fsp3) is 0.391. The van der Waals surface area contributed by atoms with Gasteiger partial charge in [0.05, 0.1) is 19.3 Å². The average molecular weight is 388 g/mol. The number of halogens is 2. The largest absolute Gasteiger partial charge is 0.491 e. The Balaban J connectivity index is 1.57. The summed E-state index contributed by atoms with van der Waals surface area (Å²) in [5, 5.41) is 0. The first-order valence-corrected chi connectivity index (χ1v) is 9.69. The topological polar surface area (TPSA) is 27.7 Å². The summed E-state index contributed by atoms with van der Waals surface area (Å²) in [6.07, 6.45) is 6.45. The minimum Gasteiger partial charge on any atom is -0.491 e. The number of allylic oxidation sites excluding steroid dienone is 1. The first kappa shape index (κ1) is 20.3. The Labute approximate surface area is 164 Å². The fourth-order valence-corrected chi connectivity index (χ4v) is 3.34. The van der Waals surface area contributed by atoms with E-state index < -0.39 is 11.6 Å². The van der Waals surface area contributed by atoms with Gasteiger partial charge in [0.2, 0.25) is 11.6 Å². The Morgan fingerprint density at radius 1 is 1.00 bits per heavy atom. The van der Waals surface area contributed by atoms with E-state index in [1.807, 2.05) is 25.1 Å². The lowest BCUT2D eigenvalue weighted by Gasteiger charge is -2.27. The average Bonchev–Trinajstić information content (AvgIpc) is 2.72. The first-order chi connectivity index (χ1) is 13.6. The van der Waals surface area contributed by atoms with Gasteiger partial charge in [-0.3, -0.25) is 0 Å². The number of hydrogen-bond donors (Lipinski definition) is 0. The Kier molecular flexibility index (Phi) is 7.04. The van der Waals surface area contributed by atoms with Crippen LogP contribution in [0.4, 0.5) is 8.78 Å². The van der Waals surface area contributed by atoms with Crippen molar-refractivity contribution >= 4 is 0 Å². The molecule has 2 atom stereocenters. The maximum Gasteiger partial charge on any atom is 0.204 e. The molecule has 2 unspecified atom stereocenters. The molecule has 2 aromatic rings. The predicted octanol–water partition coefficient (Wildman–Crippen LogP) is 5.78. The van der Waals surface area contributed by atoms with Crippen LogP contribution >= 0.6 is 0 Å². The van der Waals surface area contributed by atoms with Gasteiger partial charge in [0.1, 0.15) is 6.61 Å². The third-order valence-electron chi connectivity index (χ3n) is 4.87. The highest BCUT2D eigenvalue weighted by molar-refractivity contribution is 5.35. The summed E-state index contributed by atoms with van der Waals surface area (Å²) in [7, 11) is 0. The van der Waals surface area contributed by atoms with E-state index in [0.29, 0.717) is 12.5 Å². The van der Waals surface area contributed by atoms with Crippen molar-refractivity contribution in [3.05, 3.63) is 71.3 Å². The van der Waals surface area contributed by atoms with E-state index in [2.05, 4.69) is 18.2 Å². The van der Waals surface area contributed by atoms with Crippen LogP contribution in [0.15, 0.2) is 48.6 Å². The molecule has 0 aliphatic carbocycles. The summed E-state index contributed by atoms with van der Waals surface area (Å²) in [4.78, 5) is 0. The minimum absolute atomic E-state index is 0.108. The van der Waals surface area contributed by atoms with E-state index in [-0.39, 0.29) is 30.8 Å². The van der Waals surface area contributed by atoms with Crippen molar-refractivity contribution in [2.24, 2.45) is 0 Å². The van der Waals surface area contributed by atoms with Crippen LogP contribution in [0, 0.1) is 11.6 Å². The molecule has 0 N–H and O–H groups in total. The summed E-state index contributed by atoms with van der Waals surface area (Å²) in [5.74, 6) is -1.90.